The van der Waals surface area contributed by atoms with Gasteiger partial charge in [-0.2, -0.15) is 0 Å². The van der Waals surface area contributed by atoms with E-state index in [4.69, 9.17) is 0 Å². The Balaban J connectivity index is 4.39. The number of nitrogens with one attached hydrogen (secondary N) is 2. The molecule has 2 N–H and O–H groups in total. The van der Waals surface area contributed by atoms with Crippen molar-refractivity contribution in [1.29, 1.82) is 0 Å². The lowest BCUT2D eigenvalue weighted by atomic mass is 9.86. The van der Waals surface area contributed by atoms with Crippen LogP contribution >= 0.6 is 0 Å². The summed E-state index contributed by atoms with van der Waals surface area (Å²) >= 11 is 0. The van der Waals surface area contributed by atoms with E-state index in [2.05, 4.69) is 31.4 Å². The molecule has 1 amide bonds. The highest BCUT2D eigenvalue weighted by atomic mass is 16.2. The predicted molar refractivity (Wildman–Crippen MR) is 69.5 cm³/mol. The molecule has 0 spiro atoms. The third kappa shape index (κ3) is 4.52. The van der Waals surface area contributed by atoms with Crippen LogP contribution in [0.25, 0.3) is 0 Å². The predicted octanol–water partition coefficient (Wildman–Crippen LogP) is 2.32. The molecule has 0 saturated carbocycles. The van der Waals surface area contributed by atoms with Gasteiger partial charge in [0.15, 0.2) is 0 Å². The number of hydrogen-bond acceptors (Lipinski definition) is 2. The minimum absolute atomic E-state index is 0.0716. The van der Waals surface area contributed by atoms with Crippen molar-refractivity contribution in [3.63, 3.8) is 0 Å². The van der Waals surface area contributed by atoms with E-state index in [0.717, 1.165) is 13.0 Å². The van der Waals surface area contributed by atoms with Gasteiger partial charge in [0.1, 0.15) is 0 Å². The smallest absolute Gasteiger partial charge is 0.239 e. The van der Waals surface area contributed by atoms with Crippen LogP contribution in [0.2, 0.25) is 0 Å². The van der Waals surface area contributed by atoms with E-state index in [1.54, 1.807) is 7.05 Å². The van der Waals surface area contributed by atoms with E-state index in [9.17, 15) is 4.79 Å². The summed E-state index contributed by atoms with van der Waals surface area (Å²) in [7, 11) is 1.69. The third-order valence-electron chi connectivity index (χ3n) is 3.32. The van der Waals surface area contributed by atoms with E-state index >= 15 is 0 Å². The maximum absolute atomic E-state index is 11.8. The fraction of sp³-hybridized carbons (Fsp3) is 0.923. The highest BCUT2D eigenvalue weighted by molar-refractivity contribution is 5.85. The zero-order valence-electron chi connectivity index (χ0n) is 11.7. The molecule has 1 atom stereocenters. The first-order valence-electron chi connectivity index (χ1n) is 6.28. The summed E-state index contributed by atoms with van der Waals surface area (Å²) in [5.41, 5.74) is -0.195. The Morgan fingerprint density at radius 2 is 1.75 bits per heavy atom. The second kappa shape index (κ2) is 6.24. The SMILES string of the molecule is CCCC(C)(C)CNC(C)(CC)C(=O)NC. The third-order valence-corrected chi connectivity index (χ3v) is 3.32. The second-order valence-electron chi connectivity index (χ2n) is 5.53. The highest BCUT2D eigenvalue weighted by Crippen LogP contribution is 2.22. The van der Waals surface area contributed by atoms with E-state index in [0.29, 0.717) is 0 Å². The topological polar surface area (TPSA) is 41.1 Å². The number of hydrogen-bond donors (Lipinski definition) is 2. The lowest BCUT2D eigenvalue weighted by molar-refractivity contribution is -0.126. The molecule has 0 saturated heterocycles. The zero-order valence-corrected chi connectivity index (χ0v) is 11.7. The molecule has 1 unspecified atom stereocenters. The van der Waals surface area contributed by atoms with Gasteiger partial charge in [0.2, 0.25) is 5.91 Å². The van der Waals surface area contributed by atoms with Gasteiger partial charge in [-0.3, -0.25) is 4.79 Å². The molecular weight excluding hydrogens is 200 g/mol. The van der Waals surface area contributed by atoms with Gasteiger partial charge in [-0.25, -0.2) is 0 Å². The van der Waals surface area contributed by atoms with Gasteiger partial charge in [0, 0.05) is 13.6 Å². The first-order chi connectivity index (χ1) is 7.31. The Morgan fingerprint density at radius 1 is 1.19 bits per heavy atom. The molecule has 0 aromatic carbocycles. The van der Waals surface area contributed by atoms with Crippen LogP contribution in [0.4, 0.5) is 0 Å². The lowest BCUT2D eigenvalue weighted by Crippen LogP contribution is -2.55. The van der Waals surface area contributed by atoms with Crippen molar-refractivity contribution < 1.29 is 4.79 Å². The van der Waals surface area contributed by atoms with E-state index in [1.165, 1.54) is 12.8 Å². The molecule has 0 aliphatic rings. The van der Waals surface area contributed by atoms with E-state index in [-0.39, 0.29) is 11.3 Å². The minimum Gasteiger partial charge on any atom is -0.358 e. The van der Waals surface area contributed by atoms with Gasteiger partial charge in [0.05, 0.1) is 5.54 Å². The van der Waals surface area contributed by atoms with Gasteiger partial charge < -0.3 is 10.6 Å². The molecule has 3 nitrogen and oxygen atoms in total. The summed E-state index contributed by atoms with van der Waals surface area (Å²) < 4.78 is 0. The van der Waals surface area contributed by atoms with E-state index < -0.39 is 5.54 Å². The number of carbonyl (C=O) groups excluding carboxylic acids is 1. The van der Waals surface area contributed by atoms with Crippen molar-refractivity contribution in [2.75, 3.05) is 13.6 Å². The van der Waals surface area contributed by atoms with Gasteiger partial charge in [-0.1, -0.05) is 34.1 Å². The van der Waals surface area contributed by atoms with Crippen LogP contribution in [0.3, 0.4) is 0 Å². The molecule has 16 heavy (non-hydrogen) atoms. The molecule has 0 aliphatic heterocycles. The van der Waals surface area contributed by atoms with Crippen LogP contribution in [-0.2, 0) is 4.79 Å². The minimum atomic E-state index is -0.445. The largest absolute Gasteiger partial charge is 0.358 e. The quantitative estimate of drug-likeness (QED) is 0.702. The first-order valence-corrected chi connectivity index (χ1v) is 6.28. The maximum atomic E-state index is 11.8. The fourth-order valence-electron chi connectivity index (χ4n) is 1.84. The molecule has 96 valence electrons. The van der Waals surface area contributed by atoms with Crippen LogP contribution in [0.15, 0.2) is 0 Å². The molecule has 0 heterocycles. The van der Waals surface area contributed by atoms with Crippen LogP contribution in [0.5, 0.6) is 0 Å². The summed E-state index contributed by atoms with van der Waals surface area (Å²) in [4.78, 5) is 11.8. The summed E-state index contributed by atoms with van der Waals surface area (Å²) in [6.45, 7) is 11.5. The number of likely N-dealkylation sites (N-methyl/N-ethyl adjacent to an activating group) is 1. The summed E-state index contributed by atoms with van der Waals surface area (Å²) in [6.07, 6.45) is 3.15. The van der Waals surface area contributed by atoms with Crippen molar-refractivity contribution >= 4 is 5.91 Å². The van der Waals surface area contributed by atoms with Crippen molar-refractivity contribution in [1.82, 2.24) is 10.6 Å². The zero-order chi connectivity index (χ0) is 12.8. The maximum Gasteiger partial charge on any atom is 0.239 e. The van der Waals surface area contributed by atoms with Gasteiger partial charge in [-0.05, 0) is 25.2 Å². The Bertz CT molecular complexity index is 226. The van der Waals surface area contributed by atoms with Crippen molar-refractivity contribution in [3.8, 4) is 0 Å². The summed E-state index contributed by atoms with van der Waals surface area (Å²) in [5, 5.41) is 6.13. The Kier molecular flexibility index (Phi) is 6.01. The average molecular weight is 228 g/mol. The van der Waals surface area contributed by atoms with E-state index in [1.807, 2.05) is 13.8 Å². The monoisotopic (exact) mass is 228 g/mol. The molecule has 0 bridgehead atoms. The average Bonchev–Trinajstić information content (AvgIpc) is 2.25. The summed E-state index contributed by atoms with van der Waals surface area (Å²) in [5.74, 6) is 0.0716. The van der Waals surface area contributed by atoms with Gasteiger partial charge in [-0.15, -0.1) is 0 Å². The van der Waals surface area contributed by atoms with Crippen LogP contribution < -0.4 is 10.6 Å². The molecule has 0 aromatic heterocycles. The Morgan fingerprint density at radius 3 is 2.12 bits per heavy atom. The lowest BCUT2D eigenvalue weighted by Gasteiger charge is -2.33. The van der Waals surface area contributed by atoms with Gasteiger partial charge in [0.25, 0.3) is 0 Å². The molecule has 0 aromatic rings. The molecule has 0 radical (unpaired) electrons. The van der Waals surface area contributed by atoms with Crippen molar-refractivity contribution in [3.05, 3.63) is 0 Å². The highest BCUT2D eigenvalue weighted by Gasteiger charge is 2.31. The Labute approximate surface area is 100 Å². The fourth-order valence-corrected chi connectivity index (χ4v) is 1.84. The molecule has 3 heteroatoms. The number of rotatable bonds is 7. The standard InChI is InChI=1S/C13H28N2O/c1-7-9-12(3,4)10-15-13(5,8-2)11(16)14-6/h15H,7-10H2,1-6H3,(H,14,16). The second-order valence-corrected chi connectivity index (χ2v) is 5.53. The normalized spacial score (nSPS) is 15.6. The van der Waals surface area contributed by atoms with Crippen LogP contribution in [-0.4, -0.2) is 25.0 Å². The van der Waals surface area contributed by atoms with Gasteiger partial charge >= 0.3 is 0 Å². The van der Waals surface area contributed by atoms with Crippen LogP contribution in [0, 0.1) is 5.41 Å². The number of amides is 1. The molecule has 0 aliphatic carbocycles. The Hall–Kier alpha value is -0.570. The number of carbonyl (C=O) groups is 1. The summed E-state index contributed by atoms with van der Waals surface area (Å²) in [6, 6.07) is 0. The molecular formula is C13H28N2O. The van der Waals surface area contributed by atoms with Crippen molar-refractivity contribution in [2.24, 2.45) is 5.41 Å². The van der Waals surface area contributed by atoms with Crippen LogP contribution in [0.1, 0.15) is 53.9 Å². The molecule has 0 rings (SSSR count). The van der Waals surface area contributed by atoms with Crippen molar-refractivity contribution in [2.45, 2.75) is 59.4 Å². The molecule has 0 fully saturated rings. The first kappa shape index (κ1) is 15.4.